The second kappa shape index (κ2) is 5.91. The van der Waals surface area contributed by atoms with Gasteiger partial charge in [-0.2, -0.15) is 0 Å². The summed E-state index contributed by atoms with van der Waals surface area (Å²) < 4.78 is 1.98. The summed E-state index contributed by atoms with van der Waals surface area (Å²) in [5.74, 6) is 0.476. The summed E-state index contributed by atoms with van der Waals surface area (Å²) in [6.45, 7) is 5.51. The van der Waals surface area contributed by atoms with Crippen LogP contribution in [-0.2, 0) is 10.3 Å². The third-order valence-corrected chi connectivity index (χ3v) is 4.51. The average molecular weight is 298 g/mol. The van der Waals surface area contributed by atoms with Gasteiger partial charge in [-0.3, -0.25) is 4.79 Å². The highest BCUT2D eigenvalue weighted by Gasteiger charge is 2.35. The van der Waals surface area contributed by atoms with E-state index >= 15 is 0 Å². The first-order valence-electron chi connectivity index (χ1n) is 7.78. The lowest BCUT2D eigenvalue weighted by Gasteiger charge is -2.38. The minimum atomic E-state index is -0.558. The molecular formula is C17H22N4O. The number of likely N-dealkylation sites (tertiary alicyclic amines) is 1. The monoisotopic (exact) mass is 298 g/mol. The largest absolute Gasteiger partial charge is 0.340 e. The lowest BCUT2D eigenvalue weighted by Crippen LogP contribution is -2.49. The fourth-order valence-electron chi connectivity index (χ4n) is 3.15. The number of nitrogens with zero attached hydrogens (tertiary/aromatic N) is 4. The van der Waals surface area contributed by atoms with Gasteiger partial charge in [-0.15, -0.1) is 0 Å². The van der Waals surface area contributed by atoms with Gasteiger partial charge in [0.25, 0.3) is 0 Å². The van der Waals surface area contributed by atoms with Gasteiger partial charge in [-0.25, -0.2) is 9.97 Å². The van der Waals surface area contributed by atoms with Crippen molar-refractivity contribution < 1.29 is 4.79 Å². The molecule has 3 heterocycles. The molecule has 3 rings (SSSR count). The minimum Gasteiger partial charge on any atom is -0.340 e. The molecule has 0 aromatic carbocycles. The summed E-state index contributed by atoms with van der Waals surface area (Å²) >= 11 is 0. The molecule has 2 aromatic heterocycles. The van der Waals surface area contributed by atoms with Crippen LogP contribution >= 0.6 is 0 Å². The Kier molecular flexibility index (Phi) is 3.96. The molecule has 5 heteroatoms. The molecule has 0 unspecified atom stereocenters. The first kappa shape index (κ1) is 14.8. The molecular weight excluding hydrogens is 276 g/mol. The zero-order valence-electron chi connectivity index (χ0n) is 13.1. The van der Waals surface area contributed by atoms with Gasteiger partial charge in [0.05, 0.1) is 0 Å². The van der Waals surface area contributed by atoms with Gasteiger partial charge in [0.1, 0.15) is 11.9 Å². The highest BCUT2D eigenvalue weighted by molar-refractivity contribution is 5.84. The van der Waals surface area contributed by atoms with Gasteiger partial charge in [-0.1, -0.05) is 0 Å². The normalized spacial score (nSPS) is 19.2. The van der Waals surface area contributed by atoms with E-state index in [1.807, 2.05) is 53.9 Å². The Hall–Kier alpha value is -2.17. The number of hydrogen-bond donors (Lipinski definition) is 0. The first-order chi connectivity index (χ1) is 10.6. The lowest BCUT2D eigenvalue weighted by molar-refractivity contribution is -0.140. The molecule has 22 heavy (non-hydrogen) atoms. The number of amides is 1. The Morgan fingerprint density at radius 3 is 2.77 bits per heavy atom. The first-order valence-corrected chi connectivity index (χ1v) is 7.78. The van der Waals surface area contributed by atoms with Crippen molar-refractivity contribution in [3.8, 4) is 0 Å². The molecule has 0 bridgehead atoms. The number of hydrogen-bond acceptors (Lipinski definition) is 3. The Morgan fingerprint density at radius 1 is 1.32 bits per heavy atom. The van der Waals surface area contributed by atoms with Crippen molar-refractivity contribution in [2.45, 2.75) is 38.1 Å². The van der Waals surface area contributed by atoms with Crippen molar-refractivity contribution in [2.75, 3.05) is 13.1 Å². The summed E-state index contributed by atoms with van der Waals surface area (Å²) in [6, 6.07) is 5.86. The molecule has 1 aliphatic rings. The van der Waals surface area contributed by atoms with E-state index in [1.54, 1.807) is 12.5 Å². The highest BCUT2D eigenvalue weighted by Crippen LogP contribution is 2.28. The van der Waals surface area contributed by atoms with Crippen LogP contribution in [0, 0.1) is 0 Å². The van der Waals surface area contributed by atoms with E-state index in [0.717, 1.165) is 31.6 Å². The van der Waals surface area contributed by atoms with Crippen LogP contribution in [-0.4, -0.2) is 38.4 Å². The maximum Gasteiger partial charge on any atom is 0.248 e. The van der Waals surface area contributed by atoms with Gasteiger partial charge < -0.3 is 9.47 Å². The second-order valence-corrected chi connectivity index (χ2v) is 6.37. The topological polar surface area (TPSA) is 51.0 Å². The van der Waals surface area contributed by atoms with Crippen LogP contribution in [0.4, 0.5) is 0 Å². The standard InChI is InChI=1S/C17H22N4O/c1-17(2,21-10-3-4-11-21)16(22)20-9-5-6-14(12-20)15-7-8-18-13-19-15/h3-4,7-8,10-11,13-14H,5-6,9,12H2,1-2H3/t14-/m1/s1. The molecule has 1 fully saturated rings. The van der Waals surface area contributed by atoms with E-state index < -0.39 is 5.54 Å². The zero-order chi connectivity index (χ0) is 15.6. The zero-order valence-corrected chi connectivity index (χ0v) is 13.1. The van der Waals surface area contributed by atoms with E-state index in [1.165, 1.54) is 0 Å². The van der Waals surface area contributed by atoms with Crippen molar-refractivity contribution in [2.24, 2.45) is 0 Å². The van der Waals surface area contributed by atoms with Gasteiger partial charge >= 0.3 is 0 Å². The molecule has 0 N–H and O–H groups in total. The minimum absolute atomic E-state index is 0.169. The molecule has 0 spiro atoms. The van der Waals surface area contributed by atoms with E-state index in [4.69, 9.17) is 0 Å². The van der Waals surface area contributed by atoms with Gasteiger partial charge in [-0.05, 0) is 44.9 Å². The molecule has 116 valence electrons. The van der Waals surface area contributed by atoms with E-state index in [0.29, 0.717) is 5.92 Å². The molecule has 0 saturated carbocycles. The summed E-state index contributed by atoms with van der Waals surface area (Å²) in [5, 5.41) is 0. The number of rotatable bonds is 3. The SMILES string of the molecule is CC(C)(C(=O)N1CCC[C@@H](c2ccncn2)C1)n1cccc1. The number of aromatic nitrogens is 3. The van der Waals surface area contributed by atoms with Crippen molar-refractivity contribution in [3.05, 3.63) is 48.8 Å². The quantitative estimate of drug-likeness (QED) is 0.874. The lowest BCUT2D eigenvalue weighted by atomic mass is 9.92. The van der Waals surface area contributed by atoms with E-state index in [-0.39, 0.29) is 5.91 Å². The Labute approximate surface area is 131 Å². The van der Waals surface area contributed by atoms with Gasteiger partial charge in [0.2, 0.25) is 5.91 Å². The second-order valence-electron chi connectivity index (χ2n) is 6.37. The van der Waals surface area contributed by atoms with Crippen LogP contribution in [0.5, 0.6) is 0 Å². The summed E-state index contributed by atoms with van der Waals surface area (Å²) in [7, 11) is 0. The van der Waals surface area contributed by atoms with Gasteiger partial charge in [0.15, 0.2) is 0 Å². The Balaban J connectivity index is 1.76. The predicted molar refractivity (Wildman–Crippen MR) is 84.3 cm³/mol. The van der Waals surface area contributed by atoms with Crippen molar-refractivity contribution in [1.29, 1.82) is 0 Å². The predicted octanol–water partition coefficient (Wildman–Crippen LogP) is 2.42. The van der Waals surface area contributed by atoms with Crippen LogP contribution in [0.15, 0.2) is 43.1 Å². The number of carbonyl (C=O) groups excluding carboxylic acids is 1. The summed E-state index contributed by atoms with van der Waals surface area (Å²) in [5.41, 5.74) is 0.475. The summed E-state index contributed by atoms with van der Waals surface area (Å²) in [6.07, 6.45) is 9.34. The fourth-order valence-corrected chi connectivity index (χ4v) is 3.15. The third kappa shape index (κ3) is 2.75. The van der Waals surface area contributed by atoms with Gasteiger partial charge in [0, 0.05) is 43.3 Å². The van der Waals surface area contributed by atoms with Crippen LogP contribution in [0.1, 0.15) is 38.3 Å². The van der Waals surface area contributed by atoms with E-state index in [9.17, 15) is 4.79 Å². The molecule has 1 aliphatic heterocycles. The Morgan fingerprint density at radius 2 is 2.09 bits per heavy atom. The fraction of sp³-hybridized carbons (Fsp3) is 0.471. The number of piperidine rings is 1. The van der Waals surface area contributed by atoms with Crippen LogP contribution in [0.3, 0.4) is 0 Å². The molecule has 1 amide bonds. The summed E-state index contributed by atoms with van der Waals surface area (Å²) in [4.78, 5) is 23.3. The number of carbonyl (C=O) groups is 1. The maximum absolute atomic E-state index is 13.0. The molecule has 0 radical (unpaired) electrons. The highest BCUT2D eigenvalue weighted by atomic mass is 16.2. The third-order valence-electron chi connectivity index (χ3n) is 4.51. The van der Waals surface area contributed by atoms with E-state index in [2.05, 4.69) is 9.97 Å². The maximum atomic E-state index is 13.0. The molecule has 1 atom stereocenters. The van der Waals surface area contributed by atoms with Crippen LogP contribution in [0.25, 0.3) is 0 Å². The average Bonchev–Trinajstić information content (AvgIpc) is 3.10. The van der Waals surface area contributed by atoms with Crippen LogP contribution in [0.2, 0.25) is 0 Å². The van der Waals surface area contributed by atoms with Crippen molar-refractivity contribution in [3.63, 3.8) is 0 Å². The Bertz CT molecular complexity index is 621. The van der Waals surface area contributed by atoms with Crippen molar-refractivity contribution in [1.82, 2.24) is 19.4 Å². The molecule has 0 aliphatic carbocycles. The smallest absolute Gasteiger partial charge is 0.248 e. The molecule has 2 aromatic rings. The van der Waals surface area contributed by atoms with Crippen LogP contribution < -0.4 is 0 Å². The molecule has 1 saturated heterocycles. The van der Waals surface area contributed by atoms with Crippen molar-refractivity contribution >= 4 is 5.91 Å². The molecule has 5 nitrogen and oxygen atoms in total.